The fraction of sp³-hybridized carbons (Fsp3) is 0.312. The number of hydrogen-bond donors (Lipinski definition) is 2. The van der Waals surface area contributed by atoms with Gasteiger partial charge in [-0.15, -0.1) is 23.1 Å². The summed E-state index contributed by atoms with van der Waals surface area (Å²) in [6.07, 6.45) is 1.72. The van der Waals surface area contributed by atoms with Gasteiger partial charge in [0, 0.05) is 16.8 Å². The molecule has 0 saturated carbocycles. The molecule has 0 radical (unpaired) electrons. The molecule has 0 aliphatic heterocycles. The van der Waals surface area contributed by atoms with E-state index in [1.54, 1.807) is 13.1 Å². The molecule has 2 N–H and O–H groups in total. The Balaban J connectivity index is 1.76. The molecule has 1 heterocycles. The molecule has 7 heteroatoms. The van der Waals surface area contributed by atoms with E-state index in [0.29, 0.717) is 5.13 Å². The van der Waals surface area contributed by atoms with Crippen molar-refractivity contribution in [3.8, 4) is 0 Å². The number of thioether (sulfide) groups is 1. The first-order chi connectivity index (χ1) is 10.9. The normalized spacial score (nSPS) is 11.8. The smallest absolute Gasteiger partial charge is 0.239 e. The van der Waals surface area contributed by atoms with Crippen LogP contribution in [0.4, 0.5) is 10.8 Å². The van der Waals surface area contributed by atoms with E-state index in [-0.39, 0.29) is 22.8 Å². The van der Waals surface area contributed by atoms with Crippen molar-refractivity contribution in [1.29, 1.82) is 0 Å². The summed E-state index contributed by atoms with van der Waals surface area (Å²) in [5.41, 5.74) is 1.90. The number of benzene rings is 1. The van der Waals surface area contributed by atoms with Gasteiger partial charge in [-0.2, -0.15) is 0 Å². The SMILES string of the molecule is Cc1ccc(NC(=O)CSC(C)C(=O)Nc2ncc(C)s2)cc1. The average molecular weight is 349 g/mol. The molecule has 0 bridgehead atoms. The minimum absolute atomic E-state index is 0.122. The largest absolute Gasteiger partial charge is 0.325 e. The van der Waals surface area contributed by atoms with Crippen molar-refractivity contribution in [3.63, 3.8) is 0 Å². The number of hydrogen-bond acceptors (Lipinski definition) is 5. The summed E-state index contributed by atoms with van der Waals surface area (Å²) in [7, 11) is 0. The Morgan fingerprint density at radius 1 is 1.22 bits per heavy atom. The van der Waals surface area contributed by atoms with E-state index >= 15 is 0 Å². The lowest BCUT2D eigenvalue weighted by Gasteiger charge is -2.10. The molecule has 2 aromatic rings. The summed E-state index contributed by atoms with van der Waals surface area (Å²) in [5, 5.41) is 5.83. The van der Waals surface area contributed by atoms with Crippen molar-refractivity contribution in [2.45, 2.75) is 26.0 Å². The van der Waals surface area contributed by atoms with Gasteiger partial charge in [-0.25, -0.2) is 4.98 Å². The Kier molecular flexibility index (Phi) is 6.18. The van der Waals surface area contributed by atoms with Gasteiger partial charge in [0.05, 0.1) is 11.0 Å². The number of thiazole rings is 1. The number of nitrogens with one attached hydrogen (secondary N) is 2. The number of carbonyl (C=O) groups excluding carboxylic acids is 2. The van der Waals surface area contributed by atoms with E-state index < -0.39 is 0 Å². The van der Waals surface area contributed by atoms with E-state index in [9.17, 15) is 9.59 Å². The molecule has 0 aliphatic rings. The zero-order chi connectivity index (χ0) is 16.8. The minimum Gasteiger partial charge on any atom is -0.325 e. The highest BCUT2D eigenvalue weighted by molar-refractivity contribution is 8.01. The van der Waals surface area contributed by atoms with Crippen molar-refractivity contribution in [1.82, 2.24) is 4.98 Å². The van der Waals surface area contributed by atoms with Crippen LogP contribution in [-0.4, -0.2) is 27.8 Å². The van der Waals surface area contributed by atoms with Crippen LogP contribution >= 0.6 is 23.1 Å². The monoisotopic (exact) mass is 349 g/mol. The number of rotatable bonds is 6. The van der Waals surface area contributed by atoms with Gasteiger partial charge in [-0.1, -0.05) is 17.7 Å². The number of carbonyl (C=O) groups is 2. The molecule has 0 fully saturated rings. The quantitative estimate of drug-likeness (QED) is 0.838. The van der Waals surface area contributed by atoms with Gasteiger partial charge in [0.1, 0.15) is 0 Å². The molecule has 1 aromatic carbocycles. The molecule has 122 valence electrons. The Bertz CT molecular complexity index is 683. The molecule has 2 amide bonds. The molecule has 23 heavy (non-hydrogen) atoms. The van der Waals surface area contributed by atoms with E-state index in [2.05, 4.69) is 15.6 Å². The lowest BCUT2D eigenvalue weighted by Crippen LogP contribution is -2.24. The summed E-state index contributed by atoms with van der Waals surface area (Å²) in [6.45, 7) is 5.70. The Hall–Kier alpha value is -1.86. The van der Waals surface area contributed by atoms with Crippen LogP contribution in [0.3, 0.4) is 0 Å². The molecular formula is C16H19N3O2S2. The second kappa shape index (κ2) is 8.12. The van der Waals surface area contributed by atoms with E-state index in [0.717, 1.165) is 16.1 Å². The van der Waals surface area contributed by atoms with Crippen LogP contribution in [0, 0.1) is 13.8 Å². The Morgan fingerprint density at radius 2 is 1.91 bits per heavy atom. The summed E-state index contributed by atoms with van der Waals surface area (Å²) in [5.74, 6) is -0.0459. The van der Waals surface area contributed by atoms with Gasteiger partial charge in [0.25, 0.3) is 0 Å². The van der Waals surface area contributed by atoms with Crippen molar-refractivity contribution in [3.05, 3.63) is 40.9 Å². The number of anilines is 2. The molecule has 0 spiro atoms. The first-order valence-electron chi connectivity index (χ1n) is 7.15. The topological polar surface area (TPSA) is 71.1 Å². The summed E-state index contributed by atoms with van der Waals surface area (Å²) in [6, 6.07) is 7.60. The number of nitrogens with zero attached hydrogens (tertiary/aromatic N) is 1. The van der Waals surface area contributed by atoms with Crippen molar-refractivity contribution < 1.29 is 9.59 Å². The maximum atomic E-state index is 12.0. The highest BCUT2D eigenvalue weighted by Crippen LogP contribution is 2.19. The van der Waals surface area contributed by atoms with Crippen LogP contribution < -0.4 is 10.6 Å². The number of aryl methyl sites for hydroxylation is 2. The van der Waals surface area contributed by atoms with Crippen LogP contribution in [-0.2, 0) is 9.59 Å². The summed E-state index contributed by atoms with van der Waals surface area (Å²) in [4.78, 5) is 29.1. The maximum Gasteiger partial charge on any atom is 0.239 e. The zero-order valence-corrected chi connectivity index (χ0v) is 14.9. The van der Waals surface area contributed by atoms with Gasteiger partial charge >= 0.3 is 0 Å². The fourth-order valence-electron chi connectivity index (χ4n) is 1.73. The molecule has 1 unspecified atom stereocenters. The average Bonchev–Trinajstić information content (AvgIpc) is 2.92. The molecular weight excluding hydrogens is 330 g/mol. The third-order valence-electron chi connectivity index (χ3n) is 3.02. The van der Waals surface area contributed by atoms with Crippen LogP contribution in [0.1, 0.15) is 17.4 Å². The summed E-state index contributed by atoms with van der Waals surface area (Å²) >= 11 is 2.72. The second-order valence-corrected chi connectivity index (χ2v) is 7.70. The Labute approximate surface area is 143 Å². The number of aromatic nitrogens is 1. The van der Waals surface area contributed by atoms with Gasteiger partial charge in [-0.3, -0.25) is 9.59 Å². The first-order valence-corrected chi connectivity index (χ1v) is 9.02. The fourth-order valence-corrected chi connectivity index (χ4v) is 3.08. The lowest BCUT2D eigenvalue weighted by atomic mass is 10.2. The van der Waals surface area contributed by atoms with Crippen molar-refractivity contribution >= 4 is 45.7 Å². The highest BCUT2D eigenvalue weighted by atomic mass is 32.2. The predicted molar refractivity (Wildman–Crippen MR) is 97.2 cm³/mol. The predicted octanol–water partition coefficient (Wildman–Crippen LogP) is 3.46. The van der Waals surface area contributed by atoms with Crippen LogP contribution in [0.15, 0.2) is 30.5 Å². The van der Waals surface area contributed by atoms with Crippen LogP contribution in [0.5, 0.6) is 0 Å². The molecule has 1 aromatic heterocycles. The van der Waals surface area contributed by atoms with E-state index in [1.165, 1.54) is 23.1 Å². The summed E-state index contributed by atoms with van der Waals surface area (Å²) < 4.78 is 0. The van der Waals surface area contributed by atoms with Crippen molar-refractivity contribution in [2.24, 2.45) is 0 Å². The third kappa shape index (κ3) is 5.69. The lowest BCUT2D eigenvalue weighted by molar-refractivity contribution is -0.115. The van der Waals surface area contributed by atoms with Gasteiger partial charge in [0.2, 0.25) is 11.8 Å². The zero-order valence-electron chi connectivity index (χ0n) is 13.3. The van der Waals surface area contributed by atoms with Gasteiger partial charge < -0.3 is 10.6 Å². The van der Waals surface area contributed by atoms with E-state index in [4.69, 9.17) is 0 Å². The maximum absolute atomic E-state index is 12.0. The van der Waals surface area contributed by atoms with Crippen molar-refractivity contribution in [2.75, 3.05) is 16.4 Å². The van der Waals surface area contributed by atoms with Crippen LogP contribution in [0.25, 0.3) is 0 Å². The highest BCUT2D eigenvalue weighted by Gasteiger charge is 2.16. The van der Waals surface area contributed by atoms with E-state index in [1.807, 2.05) is 38.1 Å². The molecule has 5 nitrogen and oxygen atoms in total. The minimum atomic E-state index is -0.331. The number of amides is 2. The molecule has 2 rings (SSSR count). The van der Waals surface area contributed by atoms with Crippen LogP contribution in [0.2, 0.25) is 0 Å². The van der Waals surface area contributed by atoms with Gasteiger partial charge in [0.15, 0.2) is 5.13 Å². The third-order valence-corrected chi connectivity index (χ3v) is 4.99. The molecule has 0 aliphatic carbocycles. The Morgan fingerprint density at radius 3 is 2.52 bits per heavy atom. The molecule has 0 saturated heterocycles. The van der Waals surface area contributed by atoms with Gasteiger partial charge in [-0.05, 0) is 32.9 Å². The first kappa shape index (κ1) is 17.5. The molecule has 1 atom stereocenters. The standard InChI is InChI=1S/C16H19N3O2S2/c1-10-4-6-13(7-5-10)18-14(20)9-22-12(3)15(21)19-16-17-8-11(2)23-16/h4-8,12H,9H2,1-3H3,(H,18,20)(H,17,19,21). The second-order valence-electron chi connectivity index (χ2n) is 5.13.